The summed E-state index contributed by atoms with van der Waals surface area (Å²) >= 11 is 0. The first-order chi connectivity index (χ1) is 5.59. The van der Waals surface area contributed by atoms with Gasteiger partial charge in [-0.3, -0.25) is 0 Å². The first-order valence-corrected chi connectivity index (χ1v) is 4.35. The van der Waals surface area contributed by atoms with Crippen molar-refractivity contribution in [3.63, 3.8) is 0 Å². The van der Waals surface area contributed by atoms with Gasteiger partial charge in [0.25, 0.3) is 0 Å². The molecule has 0 radical (unpaired) electrons. The summed E-state index contributed by atoms with van der Waals surface area (Å²) in [6.45, 7) is 2.14. The predicted octanol–water partition coefficient (Wildman–Crippen LogP) is -0.0608. The Labute approximate surface area is 74.0 Å². The van der Waals surface area contributed by atoms with Crippen LogP contribution in [0.5, 0.6) is 0 Å². The first kappa shape index (κ1) is 11.1. The largest absolute Gasteiger partial charge is 0.398 e. The lowest BCUT2D eigenvalue weighted by Gasteiger charge is -2.12. The molecule has 4 heteroatoms. The molecule has 0 saturated carbocycles. The molecular formula is C8H20N4. The van der Waals surface area contributed by atoms with Gasteiger partial charge in [0.1, 0.15) is 5.82 Å². The molecule has 1 atom stereocenters. The predicted molar refractivity (Wildman–Crippen MR) is 51.7 cm³/mol. The highest BCUT2D eigenvalue weighted by molar-refractivity contribution is 5.10. The zero-order valence-corrected chi connectivity index (χ0v) is 7.72. The van der Waals surface area contributed by atoms with Crippen LogP contribution in [0.4, 0.5) is 0 Å². The average Bonchev–Trinajstić information content (AvgIpc) is 2.03. The van der Waals surface area contributed by atoms with E-state index in [1.807, 2.05) is 0 Å². The van der Waals surface area contributed by atoms with E-state index >= 15 is 0 Å². The Morgan fingerprint density at radius 1 is 1.17 bits per heavy atom. The van der Waals surface area contributed by atoms with Gasteiger partial charge >= 0.3 is 0 Å². The van der Waals surface area contributed by atoms with Gasteiger partial charge in [0, 0.05) is 6.04 Å². The molecule has 0 spiro atoms. The fourth-order valence-electron chi connectivity index (χ4n) is 0.984. The third kappa shape index (κ3) is 4.08. The second-order valence-corrected chi connectivity index (χ2v) is 3.01. The Morgan fingerprint density at radius 3 is 2.17 bits per heavy atom. The third-order valence-corrected chi connectivity index (χ3v) is 1.85. The third-order valence-electron chi connectivity index (χ3n) is 1.85. The summed E-state index contributed by atoms with van der Waals surface area (Å²) in [7, 11) is 0. The van der Waals surface area contributed by atoms with Crippen molar-refractivity contribution in [2.24, 2.45) is 22.9 Å². The number of hydrogen-bond acceptors (Lipinski definition) is 4. The fraction of sp³-hybridized carbons (Fsp3) is 0.750. The number of unbranched alkanes of at least 4 members (excludes halogenated alkanes) is 2. The summed E-state index contributed by atoms with van der Waals surface area (Å²) in [6.07, 6.45) is 4.28. The zero-order chi connectivity index (χ0) is 9.56. The van der Waals surface area contributed by atoms with Gasteiger partial charge in [-0.15, -0.1) is 0 Å². The number of hydrogen-bond donors (Lipinski definition) is 4. The maximum Gasteiger partial charge on any atom is 0.114 e. The molecule has 0 heterocycles. The maximum absolute atomic E-state index is 5.72. The van der Waals surface area contributed by atoms with Crippen molar-refractivity contribution in [3.05, 3.63) is 11.5 Å². The lowest BCUT2D eigenvalue weighted by atomic mass is 10.1. The van der Waals surface area contributed by atoms with E-state index in [0.29, 0.717) is 5.70 Å². The molecule has 8 N–H and O–H groups in total. The lowest BCUT2D eigenvalue weighted by Crippen LogP contribution is -2.32. The van der Waals surface area contributed by atoms with Gasteiger partial charge in [-0.1, -0.05) is 26.2 Å². The topological polar surface area (TPSA) is 104 Å². The van der Waals surface area contributed by atoms with Crippen LogP contribution in [-0.4, -0.2) is 6.04 Å². The fourth-order valence-corrected chi connectivity index (χ4v) is 0.984. The summed E-state index contributed by atoms with van der Waals surface area (Å²) < 4.78 is 0. The highest BCUT2D eigenvalue weighted by Gasteiger charge is 2.06. The van der Waals surface area contributed by atoms with Crippen LogP contribution in [0.2, 0.25) is 0 Å². The van der Waals surface area contributed by atoms with E-state index in [9.17, 15) is 0 Å². The van der Waals surface area contributed by atoms with Gasteiger partial charge in [0.2, 0.25) is 0 Å². The van der Waals surface area contributed by atoms with Crippen molar-refractivity contribution in [3.8, 4) is 0 Å². The van der Waals surface area contributed by atoms with Crippen molar-refractivity contribution >= 4 is 0 Å². The molecule has 0 aromatic rings. The second-order valence-electron chi connectivity index (χ2n) is 3.01. The lowest BCUT2D eigenvalue weighted by molar-refractivity contribution is 0.598. The molecule has 0 aliphatic rings. The van der Waals surface area contributed by atoms with Crippen molar-refractivity contribution in [1.29, 1.82) is 0 Å². The molecule has 0 aromatic carbocycles. The molecule has 0 amide bonds. The summed E-state index contributed by atoms with van der Waals surface area (Å²) in [5, 5.41) is 0. The first-order valence-electron chi connectivity index (χ1n) is 4.35. The van der Waals surface area contributed by atoms with Gasteiger partial charge in [-0.25, -0.2) is 0 Å². The highest BCUT2D eigenvalue weighted by atomic mass is 14.9. The molecule has 1 unspecified atom stereocenters. The monoisotopic (exact) mass is 172 g/mol. The van der Waals surface area contributed by atoms with Crippen LogP contribution in [0, 0.1) is 0 Å². The Bertz CT molecular complexity index is 149. The zero-order valence-electron chi connectivity index (χ0n) is 7.72. The van der Waals surface area contributed by atoms with Crippen molar-refractivity contribution in [2.75, 3.05) is 0 Å². The van der Waals surface area contributed by atoms with E-state index in [-0.39, 0.29) is 11.9 Å². The molecule has 0 rings (SSSR count). The van der Waals surface area contributed by atoms with Crippen molar-refractivity contribution in [2.45, 2.75) is 38.6 Å². The molecule has 0 bridgehead atoms. The SMILES string of the molecule is CCCCCC(N)C(N)=C(N)N. The van der Waals surface area contributed by atoms with Crippen LogP contribution >= 0.6 is 0 Å². The molecule has 4 nitrogen and oxygen atoms in total. The minimum absolute atomic E-state index is 0.152. The van der Waals surface area contributed by atoms with Gasteiger partial charge in [0.05, 0.1) is 5.70 Å². The van der Waals surface area contributed by atoms with E-state index in [1.165, 1.54) is 12.8 Å². The van der Waals surface area contributed by atoms with Gasteiger partial charge < -0.3 is 22.9 Å². The summed E-state index contributed by atoms with van der Waals surface area (Å²) in [4.78, 5) is 0. The van der Waals surface area contributed by atoms with Crippen LogP contribution in [0.15, 0.2) is 11.5 Å². The van der Waals surface area contributed by atoms with E-state index in [1.54, 1.807) is 0 Å². The van der Waals surface area contributed by atoms with Crippen molar-refractivity contribution < 1.29 is 0 Å². The van der Waals surface area contributed by atoms with Crippen LogP contribution in [-0.2, 0) is 0 Å². The smallest absolute Gasteiger partial charge is 0.114 e. The highest BCUT2D eigenvalue weighted by Crippen LogP contribution is 2.05. The van der Waals surface area contributed by atoms with E-state index < -0.39 is 0 Å². The minimum Gasteiger partial charge on any atom is -0.398 e. The normalized spacial score (nSPS) is 12.5. The van der Waals surface area contributed by atoms with Gasteiger partial charge in [-0.2, -0.15) is 0 Å². The Balaban J connectivity index is 3.72. The molecule has 0 aliphatic carbocycles. The van der Waals surface area contributed by atoms with E-state index in [0.717, 1.165) is 12.8 Å². The molecule has 72 valence electrons. The van der Waals surface area contributed by atoms with Crippen LogP contribution in [0.25, 0.3) is 0 Å². The average molecular weight is 172 g/mol. The van der Waals surface area contributed by atoms with E-state index in [2.05, 4.69) is 6.92 Å². The van der Waals surface area contributed by atoms with E-state index in [4.69, 9.17) is 22.9 Å². The van der Waals surface area contributed by atoms with Crippen LogP contribution in [0.1, 0.15) is 32.6 Å². The molecule has 0 aliphatic heterocycles. The standard InChI is InChI=1S/C8H20N4/c1-2-3-4-5-6(9)7(10)8(11)12/h6H,2-5,9-12H2,1H3. The summed E-state index contributed by atoms with van der Waals surface area (Å²) in [6, 6.07) is -0.179. The number of nitrogens with two attached hydrogens (primary N) is 4. The summed E-state index contributed by atoms with van der Waals surface area (Å²) in [5.74, 6) is 0.152. The van der Waals surface area contributed by atoms with Crippen LogP contribution in [0.3, 0.4) is 0 Å². The Kier molecular flexibility index (Phi) is 5.28. The van der Waals surface area contributed by atoms with Gasteiger partial charge in [-0.05, 0) is 6.42 Å². The summed E-state index contributed by atoms with van der Waals surface area (Å²) in [5.41, 5.74) is 22.3. The second kappa shape index (κ2) is 5.71. The maximum atomic E-state index is 5.72. The van der Waals surface area contributed by atoms with Crippen molar-refractivity contribution in [1.82, 2.24) is 0 Å². The molecule has 0 fully saturated rings. The Hall–Kier alpha value is -0.900. The quantitative estimate of drug-likeness (QED) is 0.436. The molecule has 12 heavy (non-hydrogen) atoms. The molecular weight excluding hydrogens is 152 g/mol. The van der Waals surface area contributed by atoms with Crippen LogP contribution < -0.4 is 22.9 Å². The molecule has 0 saturated heterocycles. The minimum atomic E-state index is -0.179. The Morgan fingerprint density at radius 2 is 1.75 bits per heavy atom. The van der Waals surface area contributed by atoms with Gasteiger partial charge in [0.15, 0.2) is 0 Å². The molecule has 0 aromatic heterocycles. The number of rotatable bonds is 5.